The number of carbonyl (C=O) groups excluding carboxylic acids is 3. The molecular formula is C14H23NO6. The Morgan fingerprint density at radius 3 is 2.24 bits per heavy atom. The minimum Gasteiger partial charge on any atom is -0.469 e. The van der Waals surface area contributed by atoms with Crippen LogP contribution in [0.15, 0.2) is 0 Å². The molecule has 120 valence electrons. The number of esters is 2. The second-order valence-electron chi connectivity index (χ2n) is 6.09. The summed E-state index contributed by atoms with van der Waals surface area (Å²) in [5.41, 5.74) is -0.624. The maximum absolute atomic E-state index is 11.8. The Morgan fingerprint density at radius 1 is 1.14 bits per heavy atom. The van der Waals surface area contributed by atoms with Gasteiger partial charge in [-0.15, -0.1) is 0 Å². The molecule has 0 aromatic heterocycles. The van der Waals surface area contributed by atoms with Gasteiger partial charge in [-0.1, -0.05) is 0 Å². The van der Waals surface area contributed by atoms with E-state index in [2.05, 4.69) is 5.32 Å². The van der Waals surface area contributed by atoms with Gasteiger partial charge in [0, 0.05) is 6.92 Å². The maximum Gasteiger partial charge on any atom is 0.408 e. The van der Waals surface area contributed by atoms with Gasteiger partial charge in [0.2, 0.25) is 0 Å². The molecule has 1 saturated carbocycles. The minimum absolute atomic E-state index is 0.326. The predicted octanol–water partition coefficient (Wildman–Crippen LogP) is 1.39. The van der Waals surface area contributed by atoms with Crippen LogP contribution in [0.2, 0.25) is 0 Å². The second kappa shape index (κ2) is 6.78. The van der Waals surface area contributed by atoms with Gasteiger partial charge >= 0.3 is 18.0 Å². The summed E-state index contributed by atoms with van der Waals surface area (Å²) in [4.78, 5) is 34.5. The first-order chi connectivity index (χ1) is 9.62. The van der Waals surface area contributed by atoms with E-state index in [0.717, 1.165) is 0 Å². The highest BCUT2D eigenvalue weighted by atomic mass is 16.6. The van der Waals surface area contributed by atoms with E-state index in [-0.39, 0.29) is 5.97 Å². The molecule has 0 saturated heterocycles. The molecule has 0 unspecified atom stereocenters. The first-order valence-electron chi connectivity index (χ1n) is 6.87. The van der Waals surface area contributed by atoms with E-state index in [1.807, 2.05) is 0 Å². The van der Waals surface area contributed by atoms with Crippen molar-refractivity contribution in [2.75, 3.05) is 7.11 Å². The molecule has 0 aliphatic heterocycles. The fourth-order valence-corrected chi connectivity index (χ4v) is 2.31. The van der Waals surface area contributed by atoms with Gasteiger partial charge < -0.3 is 19.5 Å². The molecule has 1 rings (SSSR count). The van der Waals surface area contributed by atoms with Crippen molar-refractivity contribution in [2.24, 2.45) is 5.92 Å². The SMILES string of the molecule is COC(=O)[C@@H]1C[C@H](NC(=O)OC(C)(C)C)[C@@H](OC(C)=O)C1. The number of hydrogen-bond donors (Lipinski definition) is 1. The molecular weight excluding hydrogens is 278 g/mol. The Hall–Kier alpha value is -1.79. The van der Waals surface area contributed by atoms with Gasteiger partial charge in [-0.2, -0.15) is 0 Å². The molecule has 0 heterocycles. The maximum atomic E-state index is 11.8. The van der Waals surface area contributed by atoms with Gasteiger partial charge in [-0.25, -0.2) is 4.79 Å². The van der Waals surface area contributed by atoms with Crippen molar-refractivity contribution in [2.45, 2.75) is 58.3 Å². The van der Waals surface area contributed by atoms with Crippen molar-refractivity contribution in [3.63, 3.8) is 0 Å². The Bertz CT molecular complexity index is 414. The van der Waals surface area contributed by atoms with Crippen LogP contribution in [0, 0.1) is 5.92 Å². The van der Waals surface area contributed by atoms with Crippen molar-refractivity contribution in [3.05, 3.63) is 0 Å². The van der Waals surface area contributed by atoms with Gasteiger partial charge in [-0.05, 0) is 33.6 Å². The van der Waals surface area contributed by atoms with E-state index in [1.165, 1.54) is 14.0 Å². The van der Waals surface area contributed by atoms with Gasteiger partial charge in [-0.3, -0.25) is 9.59 Å². The standard InChI is InChI=1S/C14H23NO6/c1-8(16)20-11-7-9(12(17)19-5)6-10(11)15-13(18)21-14(2,3)4/h9-11H,6-7H2,1-5H3,(H,15,18)/t9-,10+,11+/m1/s1. The zero-order valence-corrected chi connectivity index (χ0v) is 13.1. The van der Waals surface area contributed by atoms with Gasteiger partial charge in [0.05, 0.1) is 19.1 Å². The van der Waals surface area contributed by atoms with E-state index in [9.17, 15) is 14.4 Å². The van der Waals surface area contributed by atoms with Crippen LogP contribution in [0.25, 0.3) is 0 Å². The minimum atomic E-state index is -0.624. The topological polar surface area (TPSA) is 90.9 Å². The second-order valence-corrected chi connectivity index (χ2v) is 6.09. The lowest BCUT2D eigenvalue weighted by atomic mass is 10.1. The number of methoxy groups -OCH3 is 1. The van der Waals surface area contributed by atoms with Crippen molar-refractivity contribution in [1.82, 2.24) is 5.32 Å². The smallest absolute Gasteiger partial charge is 0.408 e. The number of amides is 1. The summed E-state index contributed by atoms with van der Waals surface area (Å²) >= 11 is 0. The predicted molar refractivity (Wildman–Crippen MR) is 73.5 cm³/mol. The first kappa shape index (κ1) is 17.3. The summed E-state index contributed by atoms with van der Waals surface area (Å²) in [5.74, 6) is -1.23. The van der Waals surface area contributed by atoms with E-state index in [4.69, 9.17) is 14.2 Å². The normalized spacial score (nSPS) is 25.1. The van der Waals surface area contributed by atoms with Gasteiger partial charge in [0.15, 0.2) is 0 Å². The van der Waals surface area contributed by atoms with E-state index in [1.54, 1.807) is 20.8 Å². The van der Waals surface area contributed by atoms with Crippen LogP contribution >= 0.6 is 0 Å². The van der Waals surface area contributed by atoms with Crippen molar-refractivity contribution >= 4 is 18.0 Å². The Labute approximate surface area is 124 Å². The zero-order chi connectivity index (χ0) is 16.2. The molecule has 0 bridgehead atoms. The average Bonchev–Trinajstić information content (AvgIpc) is 2.68. The third-order valence-electron chi connectivity index (χ3n) is 3.06. The van der Waals surface area contributed by atoms with E-state index >= 15 is 0 Å². The molecule has 1 fully saturated rings. The zero-order valence-electron chi connectivity index (χ0n) is 13.1. The van der Waals surface area contributed by atoms with Crippen LogP contribution in [0.5, 0.6) is 0 Å². The van der Waals surface area contributed by atoms with E-state index < -0.39 is 35.7 Å². The molecule has 0 spiro atoms. The summed E-state index contributed by atoms with van der Waals surface area (Å²) in [5, 5.41) is 2.65. The number of carbonyl (C=O) groups is 3. The van der Waals surface area contributed by atoms with Gasteiger partial charge in [0.1, 0.15) is 11.7 Å². The van der Waals surface area contributed by atoms with Crippen LogP contribution in [-0.2, 0) is 23.8 Å². The van der Waals surface area contributed by atoms with Crippen LogP contribution in [0.3, 0.4) is 0 Å². The van der Waals surface area contributed by atoms with Crippen molar-refractivity contribution in [3.8, 4) is 0 Å². The van der Waals surface area contributed by atoms with Crippen LogP contribution in [-0.4, -0.2) is 42.9 Å². The fraction of sp³-hybridized carbons (Fsp3) is 0.786. The number of rotatable bonds is 3. The third kappa shape index (κ3) is 5.61. The lowest BCUT2D eigenvalue weighted by Gasteiger charge is -2.24. The van der Waals surface area contributed by atoms with Crippen LogP contribution in [0.4, 0.5) is 4.79 Å². The summed E-state index contributed by atoms with van der Waals surface area (Å²) in [6, 6.07) is -0.465. The molecule has 7 nitrogen and oxygen atoms in total. The molecule has 7 heteroatoms. The molecule has 1 N–H and O–H groups in total. The highest BCUT2D eigenvalue weighted by Crippen LogP contribution is 2.29. The molecule has 21 heavy (non-hydrogen) atoms. The number of hydrogen-bond acceptors (Lipinski definition) is 6. The third-order valence-corrected chi connectivity index (χ3v) is 3.06. The largest absolute Gasteiger partial charge is 0.469 e. The molecule has 1 aliphatic rings. The highest BCUT2D eigenvalue weighted by molar-refractivity contribution is 5.74. The molecule has 1 aliphatic carbocycles. The van der Waals surface area contributed by atoms with Crippen LogP contribution in [0.1, 0.15) is 40.5 Å². The average molecular weight is 301 g/mol. The van der Waals surface area contributed by atoms with Gasteiger partial charge in [0.25, 0.3) is 0 Å². The molecule has 0 aromatic carbocycles. The quantitative estimate of drug-likeness (QED) is 0.626. The first-order valence-corrected chi connectivity index (χ1v) is 6.87. The summed E-state index contributed by atoms with van der Waals surface area (Å²) in [7, 11) is 1.30. The molecule has 0 aromatic rings. The fourth-order valence-electron chi connectivity index (χ4n) is 2.31. The molecule has 0 radical (unpaired) electrons. The number of nitrogens with one attached hydrogen (secondary N) is 1. The lowest BCUT2D eigenvalue weighted by Crippen LogP contribution is -2.44. The van der Waals surface area contributed by atoms with Crippen molar-refractivity contribution < 1.29 is 28.6 Å². The monoisotopic (exact) mass is 301 g/mol. The van der Waals surface area contributed by atoms with E-state index in [0.29, 0.717) is 12.8 Å². The summed E-state index contributed by atoms with van der Waals surface area (Å²) < 4.78 is 15.0. The Morgan fingerprint density at radius 2 is 1.76 bits per heavy atom. The Kier molecular flexibility index (Phi) is 5.57. The summed E-state index contributed by atoms with van der Waals surface area (Å²) in [6.45, 7) is 6.54. The highest BCUT2D eigenvalue weighted by Gasteiger charge is 2.41. The molecule has 3 atom stereocenters. The number of alkyl carbamates (subject to hydrolysis) is 1. The molecule has 1 amide bonds. The van der Waals surface area contributed by atoms with Crippen LogP contribution < -0.4 is 5.32 Å². The number of ether oxygens (including phenoxy) is 3. The van der Waals surface area contributed by atoms with Crippen molar-refractivity contribution in [1.29, 1.82) is 0 Å². The Balaban J connectivity index is 2.69. The summed E-state index contributed by atoms with van der Waals surface area (Å²) in [6.07, 6.45) is -0.481. The lowest BCUT2D eigenvalue weighted by molar-refractivity contribution is -0.149.